The quantitative estimate of drug-likeness (QED) is 0.797. The molecular weight excluding hydrogens is 306 g/mol. The maximum absolute atomic E-state index is 12.4. The van der Waals surface area contributed by atoms with Crippen LogP contribution in [0, 0.1) is 6.92 Å². The topological polar surface area (TPSA) is 73.1 Å². The number of carbonyl (C=O) groups is 1. The lowest BCUT2D eigenvalue weighted by molar-refractivity contribution is -0.139. The second kappa shape index (κ2) is 8.01. The minimum atomic E-state index is 0.0752. The van der Waals surface area contributed by atoms with Gasteiger partial charge < -0.3 is 14.2 Å². The first-order chi connectivity index (χ1) is 11.7. The summed E-state index contributed by atoms with van der Waals surface area (Å²) >= 11 is 0. The highest BCUT2D eigenvalue weighted by Gasteiger charge is 2.23. The van der Waals surface area contributed by atoms with Gasteiger partial charge in [0.25, 0.3) is 0 Å². The Bertz CT molecular complexity index is 659. The van der Waals surface area contributed by atoms with Crippen LogP contribution in [0.3, 0.4) is 0 Å². The van der Waals surface area contributed by atoms with E-state index in [4.69, 9.17) is 4.74 Å². The van der Waals surface area contributed by atoms with Crippen LogP contribution in [-0.2, 0) is 22.5 Å². The average Bonchev–Trinajstić information content (AvgIpc) is 3.12. The van der Waals surface area contributed by atoms with E-state index in [0.717, 1.165) is 24.2 Å². The first kappa shape index (κ1) is 16.6. The highest BCUT2D eigenvalue weighted by molar-refractivity contribution is 5.76. The normalized spacial score (nSPS) is 17.9. The van der Waals surface area contributed by atoms with Crippen LogP contribution in [0.4, 0.5) is 0 Å². The van der Waals surface area contributed by atoms with E-state index in [0.29, 0.717) is 32.7 Å². The Morgan fingerprint density at radius 3 is 3.12 bits per heavy atom. The predicted octanol–water partition coefficient (Wildman–Crippen LogP) is 1.23. The Morgan fingerprint density at radius 2 is 2.33 bits per heavy atom. The van der Waals surface area contributed by atoms with E-state index in [1.807, 2.05) is 28.7 Å². The van der Waals surface area contributed by atoms with Gasteiger partial charge in [0.15, 0.2) is 0 Å². The highest BCUT2D eigenvalue weighted by atomic mass is 16.5. The van der Waals surface area contributed by atoms with Crippen LogP contribution in [0.1, 0.15) is 24.2 Å². The number of morpholine rings is 1. The van der Waals surface area contributed by atoms with Crippen molar-refractivity contribution in [3.8, 4) is 0 Å². The van der Waals surface area contributed by atoms with Crippen LogP contribution in [-0.4, -0.2) is 56.1 Å². The zero-order valence-corrected chi connectivity index (χ0v) is 14.0. The van der Waals surface area contributed by atoms with E-state index in [1.165, 1.54) is 0 Å². The van der Waals surface area contributed by atoms with Gasteiger partial charge in [-0.3, -0.25) is 4.79 Å². The molecule has 1 fully saturated rings. The van der Waals surface area contributed by atoms with Gasteiger partial charge in [0.1, 0.15) is 6.33 Å². The molecule has 0 saturated carbocycles. The molecule has 0 bridgehead atoms. The summed E-state index contributed by atoms with van der Waals surface area (Å²) in [6.07, 6.45) is 9.20. The van der Waals surface area contributed by atoms with Crippen molar-refractivity contribution >= 4 is 5.91 Å². The number of aromatic nitrogens is 4. The standard InChI is InChI=1S/C17H23N5O2/c1-14-10-15(20-12-19-14)2-3-16-11-22(8-9-24-16)17(23)4-6-21-7-5-18-13-21/h5,7,10,12-13,16H,2-4,6,8-9,11H2,1H3/t16-/m0/s1. The van der Waals surface area contributed by atoms with Crippen LogP contribution in [0.25, 0.3) is 0 Å². The third-order valence-corrected chi connectivity index (χ3v) is 4.22. The zero-order valence-electron chi connectivity index (χ0n) is 14.0. The Labute approximate surface area is 141 Å². The molecule has 0 unspecified atom stereocenters. The number of nitrogens with zero attached hydrogens (tertiary/aromatic N) is 5. The molecule has 3 heterocycles. The summed E-state index contributed by atoms with van der Waals surface area (Å²) < 4.78 is 7.73. The molecule has 7 heteroatoms. The molecule has 2 aromatic rings. The van der Waals surface area contributed by atoms with Crippen LogP contribution < -0.4 is 0 Å². The van der Waals surface area contributed by atoms with Crippen molar-refractivity contribution in [2.24, 2.45) is 0 Å². The van der Waals surface area contributed by atoms with Gasteiger partial charge in [0.2, 0.25) is 5.91 Å². The van der Waals surface area contributed by atoms with Crippen molar-refractivity contribution in [2.75, 3.05) is 19.7 Å². The molecule has 7 nitrogen and oxygen atoms in total. The van der Waals surface area contributed by atoms with Crippen LogP contribution in [0.2, 0.25) is 0 Å². The van der Waals surface area contributed by atoms with Gasteiger partial charge in [-0.2, -0.15) is 0 Å². The molecule has 128 valence electrons. The van der Waals surface area contributed by atoms with Gasteiger partial charge in [-0.25, -0.2) is 15.0 Å². The van der Waals surface area contributed by atoms with E-state index in [9.17, 15) is 4.79 Å². The molecule has 1 atom stereocenters. The first-order valence-electron chi connectivity index (χ1n) is 8.33. The van der Waals surface area contributed by atoms with Crippen LogP contribution in [0.15, 0.2) is 31.1 Å². The predicted molar refractivity (Wildman–Crippen MR) is 88.3 cm³/mol. The Morgan fingerprint density at radius 1 is 1.42 bits per heavy atom. The largest absolute Gasteiger partial charge is 0.375 e. The van der Waals surface area contributed by atoms with Crippen LogP contribution in [0.5, 0.6) is 0 Å². The highest BCUT2D eigenvalue weighted by Crippen LogP contribution is 2.13. The fraction of sp³-hybridized carbons (Fsp3) is 0.529. The molecule has 0 aliphatic carbocycles. The summed E-state index contributed by atoms with van der Waals surface area (Å²) in [5.74, 6) is 0.176. The molecule has 0 aromatic carbocycles. The Balaban J connectivity index is 1.46. The fourth-order valence-electron chi connectivity index (χ4n) is 2.88. The minimum Gasteiger partial charge on any atom is -0.375 e. The Hall–Kier alpha value is -2.28. The number of imidazole rings is 1. The molecule has 0 radical (unpaired) electrons. The minimum absolute atomic E-state index is 0.0752. The van der Waals surface area contributed by atoms with Crippen molar-refractivity contribution in [1.82, 2.24) is 24.4 Å². The maximum atomic E-state index is 12.4. The maximum Gasteiger partial charge on any atom is 0.224 e. The molecule has 1 saturated heterocycles. The number of rotatable bonds is 6. The van der Waals surface area contributed by atoms with Gasteiger partial charge in [0, 0.05) is 49.8 Å². The fourth-order valence-corrected chi connectivity index (χ4v) is 2.88. The number of amides is 1. The van der Waals surface area contributed by atoms with Gasteiger partial charge in [0.05, 0.1) is 19.0 Å². The lowest BCUT2D eigenvalue weighted by Gasteiger charge is -2.33. The molecule has 1 aliphatic rings. The number of hydrogen-bond acceptors (Lipinski definition) is 5. The summed E-state index contributed by atoms with van der Waals surface area (Å²) in [7, 11) is 0. The van der Waals surface area contributed by atoms with Gasteiger partial charge in [-0.1, -0.05) is 0 Å². The van der Waals surface area contributed by atoms with Gasteiger partial charge in [-0.05, 0) is 25.8 Å². The summed E-state index contributed by atoms with van der Waals surface area (Å²) in [5.41, 5.74) is 2.00. The van der Waals surface area contributed by atoms with Crippen molar-refractivity contribution in [3.63, 3.8) is 0 Å². The van der Waals surface area contributed by atoms with E-state index in [2.05, 4.69) is 15.0 Å². The molecule has 3 rings (SSSR count). The number of hydrogen-bond donors (Lipinski definition) is 0. The summed E-state index contributed by atoms with van der Waals surface area (Å²) in [5, 5.41) is 0. The number of ether oxygens (including phenoxy) is 1. The van der Waals surface area contributed by atoms with E-state index >= 15 is 0 Å². The average molecular weight is 329 g/mol. The van der Waals surface area contributed by atoms with Gasteiger partial charge >= 0.3 is 0 Å². The Kier molecular flexibility index (Phi) is 5.53. The third kappa shape index (κ3) is 4.61. The smallest absolute Gasteiger partial charge is 0.224 e. The SMILES string of the molecule is Cc1cc(CC[C@H]2CN(C(=O)CCn3ccnc3)CCO2)ncn1. The second-order valence-corrected chi connectivity index (χ2v) is 6.07. The molecule has 1 aliphatic heterocycles. The molecule has 2 aromatic heterocycles. The molecule has 0 spiro atoms. The molecular formula is C17H23N5O2. The van der Waals surface area contributed by atoms with Crippen molar-refractivity contribution in [2.45, 2.75) is 38.8 Å². The first-order valence-corrected chi connectivity index (χ1v) is 8.33. The van der Waals surface area contributed by atoms with Crippen molar-refractivity contribution in [3.05, 3.63) is 42.5 Å². The summed E-state index contributed by atoms with van der Waals surface area (Å²) in [6.45, 7) is 4.56. The lowest BCUT2D eigenvalue weighted by Crippen LogP contribution is -2.46. The van der Waals surface area contributed by atoms with Crippen molar-refractivity contribution in [1.29, 1.82) is 0 Å². The van der Waals surface area contributed by atoms with Crippen LogP contribution >= 0.6 is 0 Å². The second-order valence-electron chi connectivity index (χ2n) is 6.07. The summed E-state index contributed by atoms with van der Waals surface area (Å²) in [6, 6.07) is 2.00. The van der Waals surface area contributed by atoms with E-state index in [-0.39, 0.29) is 12.0 Å². The number of aryl methyl sites for hydroxylation is 3. The van der Waals surface area contributed by atoms with Gasteiger partial charge in [-0.15, -0.1) is 0 Å². The van der Waals surface area contributed by atoms with E-state index in [1.54, 1.807) is 18.9 Å². The zero-order chi connectivity index (χ0) is 16.8. The monoisotopic (exact) mass is 329 g/mol. The number of carbonyl (C=O) groups excluding carboxylic acids is 1. The molecule has 24 heavy (non-hydrogen) atoms. The molecule has 0 N–H and O–H groups in total. The van der Waals surface area contributed by atoms with Crippen molar-refractivity contribution < 1.29 is 9.53 Å². The molecule has 1 amide bonds. The summed E-state index contributed by atoms with van der Waals surface area (Å²) in [4.78, 5) is 26.7. The lowest BCUT2D eigenvalue weighted by atomic mass is 10.1. The van der Waals surface area contributed by atoms with E-state index < -0.39 is 0 Å². The third-order valence-electron chi connectivity index (χ3n) is 4.22.